The number of carbonyl (C=O) groups excluding carboxylic acids is 1. The zero-order chi connectivity index (χ0) is 20.1. The molecule has 1 aromatic carbocycles. The number of carbonyl (C=O) groups is 1. The number of aryl methyl sites for hydroxylation is 2. The molecule has 0 bridgehead atoms. The Labute approximate surface area is 168 Å². The molecular formula is C21H24FN5O2. The van der Waals surface area contributed by atoms with Crippen LogP contribution in [-0.2, 0) is 17.8 Å². The normalized spacial score (nSPS) is 15.0. The highest BCUT2D eigenvalue weighted by molar-refractivity contribution is 5.76. The number of amides is 1. The Morgan fingerprint density at radius 1 is 1.21 bits per heavy atom. The Hall–Kier alpha value is -3.03. The molecule has 3 heterocycles. The van der Waals surface area contributed by atoms with E-state index in [0.29, 0.717) is 36.2 Å². The fraction of sp³-hybridized carbons (Fsp3) is 0.429. The first-order valence-electron chi connectivity index (χ1n) is 10.0. The predicted octanol–water partition coefficient (Wildman–Crippen LogP) is 3.33. The van der Waals surface area contributed by atoms with Crippen molar-refractivity contribution in [3.8, 4) is 11.5 Å². The summed E-state index contributed by atoms with van der Waals surface area (Å²) in [5, 5.41) is 8.17. The lowest BCUT2D eigenvalue weighted by molar-refractivity contribution is -0.132. The molecule has 1 saturated heterocycles. The first-order valence-corrected chi connectivity index (χ1v) is 10.0. The maximum Gasteiger partial charge on any atom is 0.257 e. The molecule has 8 heteroatoms. The molecule has 7 nitrogen and oxygen atoms in total. The van der Waals surface area contributed by atoms with E-state index in [1.165, 1.54) is 12.1 Å². The van der Waals surface area contributed by atoms with Crippen molar-refractivity contribution in [2.24, 2.45) is 5.92 Å². The van der Waals surface area contributed by atoms with Gasteiger partial charge in [0.25, 0.3) is 5.89 Å². The van der Waals surface area contributed by atoms with Crippen LogP contribution in [0.1, 0.15) is 31.5 Å². The summed E-state index contributed by atoms with van der Waals surface area (Å²) < 4.78 is 20.1. The van der Waals surface area contributed by atoms with E-state index in [-0.39, 0.29) is 11.7 Å². The van der Waals surface area contributed by atoms with Gasteiger partial charge < -0.3 is 9.42 Å². The lowest BCUT2D eigenvalue weighted by atomic mass is 9.92. The molecule has 0 spiro atoms. The minimum absolute atomic E-state index is 0.195. The van der Waals surface area contributed by atoms with E-state index in [4.69, 9.17) is 4.52 Å². The second-order valence-electron chi connectivity index (χ2n) is 7.40. The van der Waals surface area contributed by atoms with Crippen LogP contribution in [0.15, 0.2) is 47.2 Å². The van der Waals surface area contributed by atoms with Gasteiger partial charge in [-0.05, 0) is 55.5 Å². The summed E-state index contributed by atoms with van der Waals surface area (Å²) in [6, 6.07) is 7.88. The fourth-order valence-corrected chi connectivity index (χ4v) is 3.67. The molecule has 2 aromatic heterocycles. The van der Waals surface area contributed by atoms with Gasteiger partial charge in [-0.1, -0.05) is 5.16 Å². The molecular weight excluding hydrogens is 373 g/mol. The quantitative estimate of drug-likeness (QED) is 0.611. The molecule has 1 aliphatic heterocycles. The Kier molecular flexibility index (Phi) is 5.97. The van der Waals surface area contributed by atoms with Gasteiger partial charge in [0, 0.05) is 50.4 Å². The van der Waals surface area contributed by atoms with E-state index in [1.807, 2.05) is 17.2 Å². The number of likely N-dealkylation sites (tertiary alicyclic amines) is 1. The molecule has 0 radical (unpaired) electrons. The second-order valence-corrected chi connectivity index (χ2v) is 7.40. The van der Waals surface area contributed by atoms with Gasteiger partial charge in [0.1, 0.15) is 5.82 Å². The Morgan fingerprint density at radius 2 is 2.00 bits per heavy atom. The van der Waals surface area contributed by atoms with Crippen molar-refractivity contribution >= 4 is 5.91 Å². The average molecular weight is 397 g/mol. The number of nitrogens with zero attached hydrogens (tertiary/aromatic N) is 5. The molecule has 1 fully saturated rings. The average Bonchev–Trinajstić information content (AvgIpc) is 3.44. The second kappa shape index (κ2) is 8.98. The minimum Gasteiger partial charge on any atom is -0.343 e. The number of hydrogen-bond acceptors (Lipinski definition) is 5. The lowest BCUT2D eigenvalue weighted by Gasteiger charge is -2.32. The summed E-state index contributed by atoms with van der Waals surface area (Å²) in [5.74, 6) is 1.54. The summed E-state index contributed by atoms with van der Waals surface area (Å²) in [4.78, 5) is 18.7. The number of benzene rings is 1. The van der Waals surface area contributed by atoms with Crippen LogP contribution in [0.4, 0.5) is 4.39 Å². The van der Waals surface area contributed by atoms with Gasteiger partial charge in [0.2, 0.25) is 5.91 Å². The highest BCUT2D eigenvalue weighted by Crippen LogP contribution is 2.23. The zero-order valence-electron chi connectivity index (χ0n) is 16.2. The SMILES string of the molecule is O=C(CCn1cccn1)N1CCC(CCc2noc(-c3ccc(F)cc3)n2)CC1. The Balaban J connectivity index is 1.20. The van der Waals surface area contributed by atoms with E-state index >= 15 is 0 Å². The molecule has 0 saturated carbocycles. The third-order valence-corrected chi connectivity index (χ3v) is 5.42. The van der Waals surface area contributed by atoms with Gasteiger partial charge in [0.05, 0.1) is 0 Å². The van der Waals surface area contributed by atoms with Gasteiger partial charge in [-0.2, -0.15) is 10.1 Å². The van der Waals surface area contributed by atoms with Gasteiger partial charge in [0.15, 0.2) is 5.82 Å². The molecule has 4 rings (SSSR count). The van der Waals surface area contributed by atoms with Crippen molar-refractivity contribution < 1.29 is 13.7 Å². The van der Waals surface area contributed by atoms with E-state index < -0.39 is 0 Å². The maximum absolute atomic E-state index is 13.0. The van der Waals surface area contributed by atoms with E-state index in [1.54, 1.807) is 23.0 Å². The van der Waals surface area contributed by atoms with Crippen LogP contribution in [-0.4, -0.2) is 43.8 Å². The molecule has 0 N–H and O–H groups in total. The third kappa shape index (κ3) is 5.07. The monoisotopic (exact) mass is 397 g/mol. The fourth-order valence-electron chi connectivity index (χ4n) is 3.67. The standard InChI is InChI=1S/C21H24FN5O2/c22-18-5-3-17(4-6-18)21-24-19(25-29-21)7-2-16-8-13-26(14-9-16)20(28)10-15-27-12-1-11-23-27/h1,3-6,11-12,16H,2,7-10,13-15H2. The zero-order valence-corrected chi connectivity index (χ0v) is 16.2. The van der Waals surface area contributed by atoms with Gasteiger partial charge in [-0.3, -0.25) is 9.48 Å². The summed E-state index contributed by atoms with van der Waals surface area (Å²) >= 11 is 0. The topological polar surface area (TPSA) is 77.0 Å². The Morgan fingerprint density at radius 3 is 2.72 bits per heavy atom. The molecule has 0 unspecified atom stereocenters. The maximum atomic E-state index is 13.0. The minimum atomic E-state index is -0.292. The molecule has 0 aliphatic carbocycles. The first-order chi connectivity index (χ1) is 14.2. The van der Waals surface area contributed by atoms with Crippen LogP contribution in [0.2, 0.25) is 0 Å². The molecule has 1 aliphatic rings. The molecule has 152 valence electrons. The molecule has 29 heavy (non-hydrogen) atoms. The van der Waals surface area contributed by atoms with Crippen molar-refractivity contribution in [2.75, 3.05) is 13.1 Å². The highest BCUT2D eigenvalue weighted by Gasteiger charge is 2.23. The number of rotatable bonds is 7. The number of hydrogen-bond donors (Lipinski definition) is 0. The summed E-state index contributed by atoms with van der Waals surface area (Å²) in [5.41, 5.74) is 0.715. The van der Waals surface area contributed by atoms with Crippen molar-refractivity contribution in [1.82, 2.24) is 24.8 Å². The van der Waals surface area contributed by atoms with Gasteiger partial charge >= 0.3 is 0 Å². The predicted molar refractivity (Wildman–Crippen MR) is 104 cm³/mol. The molecule has 0 atom stereocenters. The van der Waals surface area contributed by atoms with E-state index in [9.17, 15) is 9.18 Å². The van der Waals surface area contributed by atoms with Crippen LogP contribution in [0, 0.1) is 11.7 Å². The summed E-state index contributed by atoms with van der Waals surface area (Å²) in [6.45, 7) is 2.23. The van der Waals surface area contributed by atoms with Crippen LogP contribution >= 0.6 is 0 Å². The largest absolute Gasteiger partial charge is 0.343 e. The lowest BCUT2D eigenvalue weighted by Crippen LogP contribution is -2.38. The smallest absolute Gasteiger partial charge is 0.257 e. The van der Waals surface area contributed by atoms with Gasteiger partial charge in [-0.15, -0.1) is 0 Å². The van der Waals surface area contributed by atoms with Crippen LogP contribution in [0.5, 0.6) is 0 Å². The summed E-state index contributed by atoms with van der Waals surface area (Å²) in [6.07, 6.45) is 7.79. The number of aromatic nitrogens is 4. The number of halogens is 1. The van der Waals surface area contributed by atoms with Crippen molar-refractivity contribution in [1.29, 1.82) is 0 Å². The Bertz CT molecular complexity index is 915. The van der Waals surface area contributed by atoms with E-state index in [2.05, 4.69) is 15.2 Å². The van der Waals surface area contributed by atoms with Crippen LogP contribution in [0.25, 0.3) is 11.5 Å². The summed E-state index contributed by atoms with van der Waals surface area (Å²) in [7, 11) is 0. The van der Waals surface area contributed by atoms with Crippen molar-refractivity contribution in [3.05, 3.63) is 54.4 Å². The third-order valence-electron chi connectivity index (χ3n) is 5.42. The number of piperidine rings is 1. The van der Waals surface area contributed by atoms with Crippen molar-refractivity contribution in [2.45, 2.75) is 38.6 Å². The van der Waals surface area contributed by atoms with E-state index in [0.717, 1.165) is 38.8 Å². The van der Waals surface area contributed by atoms with Crippen molar-refractivity contribution in [3.63, 3.8) is 0 Å². The first kappa shape index (κ1) is 19.3. The van der Waals surface area contributed by atoms with Gasteiger partial charge in [-0.25, -0.2) is 4.39 Å². The molecule has 3 aromatic rings. The van der Waals surface area contributed by atoms with Crippen LogP contribution in [0.3, 0.4) is 0 Å². The highest BCUT2D eigenvalue weighted by atomic mass is 19.1. The van der Waals surface area contributed by atoms with Crippen LogP contribution < -0.4 is 0 Å². The molecule has 1 amide bonds.